The van der Waals surface area contributed by atoms with Gasteiger partial charge in [0.05, 0.1) is 24.2 Å². The summed E-state index contributed by atoms with van der Waals surface area (Å²) in [7, 11) is -2.28. The molecule has 3 N–H and O–H groups in total. The first-order chi connectivity index (χ1) is 15.3. The van der Waals surface area contributed by atoms with Gasteiger partial charge in [0.25, 0.3) is 5.91 Å². The van der Waals surface area contributed by atoms with E-state index < -0.39 is 10.0 Å². The van der Waals surface area contributed by atoms with Crippen LogP contribution < -0.4 is 9.88 Å². The third kappa shape index (κ3) is 4.01. The Labute approximate surface area is 187 Å². The van der Waals surface area contributed by atoms with Gasteiger partial charge < -0.3 is 9.64 Å². The summed E-state index contributed by atoms with van der Waals surface area (Å²) in [6, 6.07) is 10.3. The van der Waals surface area contributed by atoms with Crippen LogP contribution in [0.15, 0.2) is 53.7 Å². The number of nitrogens with two attached hydrogens (primary N) is 1. The number of benzene rings is 2. The zero-order chi connectivity index (χ0) is 22.9. The molecule has 1 fully saturated rings. The van der Waals surface area contributed by atoms with E-state index in [1.54, 1.807) is 37.7 Å². The molecule has 1 amide bonds. The first-order valence-corrected chi connectivity index (χ1v) is 12.0. The van der Waals surface area contributed by atoms with Gasteiger partial charge in [-0.3, -0.25) is 9.89 Å². The van der Waals surface area contributed by atoms with E-state index in [1.165, 1.54) is 6.07 Å². The Balaban J connectivity index is 1.70. The lowest BCUT2D eigenvalue weighted by Gasteiger charge is -2.28. The lowest BCUT2D eigenvalue weighted by Crippen LogP contribution is -2.31. The maximum atomic E-state index is 13.5. The van der Waals surface area contributed by atoms with E-state index in [0.29, 0.717) is 29.8 Å². The van der Waals surface area contributed by atoms with Crippen LogP contribution in [0.2, 0.25) is 0 Å². The van der Waals surface area contributed by atoms with E-state index in [9.17, 15) is 13.2 Å². The number of nitrogens with one attached hydrogen (secondary N) is 1. The van der Waals surface area contributed by atoms with Gasteiger partial charge in [0, 0.05) is 29.4 Å². The van der Waals surface area contributed by atoms with E-state index in [1.807, 2.05) is 24.0 Å². The monoisotopic (exact) mass is 454 g/mol. The molecule has 2 heterocycles. The second-order valence-corrected chi connectivity index (χ2v) is 9.31. The first kappa shape index (κ1) is 22.0. The maximum absolute atomic E-state index is 13.5. The van der Waals surface area contributed by atoms with Gasteiger partial charge in [-0.25, -0.2) is 13.6 Å². The van der Waals surface area contributed by atoms with E-state index in [0.717, 1.165) is 29.5 Å². The molecule has 0 saturated carbocycles. The van der Waals surface area contributed by atoms with Gasteiger partial charge in [0.1, 0.15) is 5.75 Å². The molecule has 0 radical (unpaired) electrons. The maximum Gasteiger partial charge on any atom is 0.254 e. The number of methoxy groups -OCH3 is 1. The lowest BCUT2D eigenvalue weighted by atomic mass is 9.96. The van der Waals surface area contributed by atoms with E-state index >= 15 is 0 Å². The van der Waals surface area contributed by atoms with Crippen LogP contribution in [0.1, 0.15) is 47.3 Å². The Bertz CT molecular complexity index is 1240. The quantitative estimate of drug-likeness (QED) is 0.593. The summed E-state index contributed by atoms with van der Waals surface area (Å²) in [6.45, 7) is 2.49. The van der Waals surface area contributed by atoms with Crippen LogP contribution in [0.5, 0.6) is 5.75 Å². The van der Waals surface area contributed by atoms with Crippen molar-refractivity contribution in [3.63, 3.8) is 0 Å². The number of primary sulfonamides is 1. The fraction of sp³-hybridized carbons (Fsp3) is 0.304. The minimum absolute atomic E-state index is 0.118. The number of amides is 1. The molecule has 32 heavy (non-hydrogen) atoms. The molecule has 0 unspecified atom stereocenters. The van der Waals surface area contributed by atoms with Crippen molar-refractivity contribution in [3.8, 4) is 16.9 Å². The highest BCUT2D eigenvalue weighted by Gasteiger charge is 2.33. The summed E-state index contributed by atoms with van der Waals surface area (Å²) in [5.74, 6) is 0.464. The van der Waals surface area contributed by atoms with Crippen LogP contribution >= 0.6 is 0 Å². The molecule has 2 aromatic carbocycles. The number of aromatic nitrogens is 2. The van der Waals surface area contributed by atoms with E-state index in [-0.39, 0.29) is 16.8 Å². The van der Waals surface area contributed by atoms with Crippen LogP contribution in [-0.4, -0.2) is 43.1 Å². The van der Waals surface area contributed by atoms with Crippen LogP contribution in [0.4, 0.5) is 0 Å². The minimum Gasteiger partial charge on any atom is -0.496 e. The number of sulfonamides is 1. The zero-order valence-electron chi connectivity index (χ0n) is 18.0. The van der Waals surface area contributed by atoms with Gasteiger partial charge in [-0.2, -0.15) is 5.10 Å². The molecule has 1 aliphatic rings. The van der Waals surface area contributed by atoms with Gasteiger partial charge in [0.15, 0.2) is 0 Å². The lowest BCUT2D eigenvalue weighted by molar-refractivity contribution is 0.0734. The van der Waals surface area contributed by atoms with Gasteiger partial charge >= 0.3 is 0 Å². The summed E-state index contributed by atoms with van der Waals surface area (Å²) in [5.41, 5.74) is 3.73. The van der Waals surface area contributed by atoms with E-state index in [4.69, 9.17) is 9.88 Å². The minimum atomic E-state index is -3.85. The largest absolute Gasteiger partial charge is 0.496 e. The highest BCUT2D eigenvalue weighted by molar-refractivity contribution is 7.89. The Morgan fingerprint density at radius 3 is 2.78 bits per heavy atom. The molecule has 0 spiro atoms. The van der Waals surface area contributed by atoms with Crippen molar-refractivity contribution in [2.24, 2.45) is 5.14 Å². The van der Waals surface area contributed by atoms with Crippen molar-refractivity contribution < 1.29 is 17.9 Å². The topological polar surface area (TPSA) is 118 Å². The molecule has 1 saturated heterocycles. The van der Waals surface area contributed by atoms with Gasteiger partial charge in [-0.05, 0) is 54.7 Å². The summed E-state index contributed by atoms with van der Waals surface area (Å²) in [4.78, 5) is 15.4. The van der Waals surface area contributed by atoms with Crippen molar-refractivity contribution in [1.82, 2.24) is 15.1 Å². The molecular weight excluding hydrogens is 428 g/mol. The summed E-state index contributed by atoms with van der Waals surface area (Å²) in [6.07, 6.45) is 5.56. The third-order valence-electron chi connectivity index (χ3n) is 5.96. The first-order valence-electron chi connectivity index (χ1n) is 10.5. The number of rotatable bonds is 6. The summed E-state index contributed by atoms with van der Waals surface area (Å²) < 4.78 is 29.7. The van der Waals surface area contributed by atoms with Crippen LogP contribution in [0, 0.1) is 0 Å². The number of likely N-dealkylation sites (tertiary alicyclic amines) is 1. The molecule has 8 nitrogen and oxygen atoms in total. The highest BCUT2D eigenvalue weighted by atomic mass is 32.2. The number of hydrogen-bond acceptors (Lipinski definition) is 5. The Morgan fingerprint density at radius 1 is 1.31 bits per heavy atom. The third-order valence-corrected chi connectivity index (χ3v) is 6.96. The van der Waals surface area contributed by atoms with Gasteiger partial charge in [-0.1, -0.05) is 19.1 Å². The van der Waals surface area contributed by atoms with Gasteiger partial charge in [-0.15, -0.1) is 0 Å². The molecule has 1 atom stereocenters. The number of carbonyl (C=O) groups excluding carboxylic acids is 1. The number of aromatic amines is 1. The number of nitrogens with zero attached hydrogens (tertiary/aromatic N) is 2. The molecule has 9 heteroatoms. The predicted octanol–water partition coefficient (Wildman–Crippen LogP) is 3.27. The molecule has 3 aromatic rings. The fourth-order valence-corrected chi connectivity index (χ4v) is 5.37. The molecule has 1 aliphatic heterocycles. The molecule has 168 valence electrons. The Kier molecular flexibility index (Phi) is 6.03. The number of ether oxygens (including phenoxy) is 1. The SMILES string of the molecule is CCc1c([C@H]2CCCN2C(=O)c2ccc(-c3cn[nH]c3)c(OC)c2)cccc1S(N)(=O)=O. The molecular formula is C23H26N4O4S. The second-order valence-electron chi connectivity index (χ2n) is 7.78. The molecule has 0 aliphatic carbocycles. The Hall–Kier alpha value is -3.17. The highest BCUT2D eigenvalue weighted by Crippen LogP contribution is 2.38. The fourth-order valence-electron chi connectivity index (χ4n) is 4.50. The molecule has 1 aromatic heterocycles. The number of carbonyl (C=O) groups is 1. The van der Waals surface area contributed by atoms with Crippen molar-refractivity contribution in [2.75, 3.05) is 13.7 Å². The van der Waals surface area contributed by atoms with Crippen LogP contribution in [0.3, 0.4) is 0 Å². The second kappa shape index (κ2) is 8.76. The normalized spacial score (nSPS) is 16.3. The van der Waals surface area contributed by atoms with Crippen LogP contribution in [-0.2, 0) is 16.4 Å². The summed E-state index contributed by atoms with van der Waals surface area (Å²) >= 11 is 0. The van der Waals surface area contributed by atoms with Crippen molar-refractivity contribution in [2.45, 2.75) is 37.1 Å². The Morgan fingerprint density at radius 2 is 2.12 bits per heavy atom. The smallest absolute Gasteiger partial charge is 0.254 e. The van der Waals surface area contributed by atoms with Gasteiger partial charge in [0.2, 0.25) is 10.0 Å². The molecule has 4 rings (SSSR count). The van der Waals surface area contributed by atoms with Crippen molar-refractivity contribution >= 4 is 15.9 Å². The average molecular weight is 455 g/mol. The summed E-state index contributed by atoms with van der Waals surface area (Å²) in [5, 5.41) is 12.2. The van der Waals surface area contributed by atoms with E-state index in [2.05, 4.69) is 10.2 Å². The average Bonchev–Trinajstić information content (AvgIpc) is 3.49. The number of hydrogen-bond donors (Lipinski definition) is 2. The van der Waals surface area contributed by atoms with Crippen molar-refractivity contribution in [1.29, 1.82) is 0 Å². The number of H-pyrrole nitrogens is 1. The van der Waals surface area contributed by atoms with Crippen molar-refractivity contribution in [3.05, 3.63) is 65.5 Å². The molecule has 0 bridgehead atoms. The zero-order valence-corrected chi connectivity index (χ0v) is 18.9. The van der Waals surface area contributed by atoms with Crippen LogP contribution in [0.25, 0.3) is 11.1 Å². The standard InChI is InChI=1S/C23H26N4O4S/c1-3-17-19(6-4-8-22(17)32(24,29)30)20-7-5-11-27(20)23(28)15-9-10-18(21(12-15)31-2)16-13-25-26-14-16/h4,6,8-10,12-14,20H,3,5,7,11H2,1-2H3,(H,25,26)(H2,24,29,30)/t20-/m1/s1. The predicted molar refractivity (Wildman–Crippen MR) is 121 cm³/mol.